The van der Waals surface area contributed by atoms with Gasteiger partial charge in [0.1, 0.15) is 13.2 Å². The van der Waals surface area contributed by atoms with Crippen molar-refractivity contribution in [2.75, 3.05) is 66.1 Å². The molecule has 2 unspecified atom stereocenters. The largest absolute Gasteiger partial charge is 1.00 e. The molecule has 0 heterocycles. The van der Waals surface area contributed by atoms with Crippen molar-refractivity contribution in [2.45, 2.75) is 43.1 Å². The van der Waals surface area contributed by atoms with Crippen LogP contribution in [0.25, 0.3) is 0 Å². The van der Waals surface area contributed by atoms with Crippen molar-refractivity contribution in [1.82, 2.24) is 0 Å². The minimum absolute atomic E-state index is 0. The van der Waals surface area contributed by atoms with E-state index in [2.05, 4.69) is 0 Å². The normalized spacial score (nSPS) is 12.7. The van der Waals surface area contributed by atoms with Gasteiger partial charge in [0.2, 0.25) is 0 Å². The summed E-state index contributed by atoms with van der Waals surface area (Å²) in [5.41, 5.74) is 2.56. The Hall–Kier alpha value is 0.193. The van der Waals surface area contributed by atoms with Crippen molar-refractivity contribution in [1.29, 1.82) is 0 Å². The van der Waals surface area contributed by atoms with E-state index >= 15 is 0 Å². The predicted molar refractivity (Wildman–Crippen MR) is 182 cm³/mol. The van der Waals surface area contributed by atoms with Gasteiger partial charge in [-0.05, 0) is 61.4 Å². The Balaban J connectivity index is 0.00000650. The number of benzene rings is 3. The van der Waals surface area contributed by atoms with E-state index in [4.69, 9.17) is 28.4 Å². The molecule has 0 aromatic heterocycles. The van der Waals surface area contributed by atoms with Gasteiger partial charge in [0.15, 0.2) is 11.5 Å². The molecule has 0 saturated carbocycles. The number of rotatable bonds is 26. The van der Waals surface area contributed by atoms with Gasteiger partial charge in [-0.3, -0.25) is 0 Å². The van der Waals surface area contributed by atoms with Crippen molar-refractivity contribution in [3.63, 3.8) is 0 Å². The quantitative estimate of drug-likeness (QED) is 0.0495. The molecule has 3 aromatic rings. The second kappa shape index (κ2) is 27.7. The molecular formula is C35H46K2O12S2. The fourth-order valence-electron chi connectivity index (χ4n) is 4.79. The smallest absolute Gasteiger partial charge is 0.748 e. The van der Waals surface area contributed by atoms with Crippen molar-refractivity contribution in [3.05, 3.63) is 95.6 Å². The SMILES string of the molecule is Cc1ccc(OCCOCCOCCC(Cc2ccccc2)S(=O)(=O)[O-])c(OCCOCCOCCC(Cc2ccccc2)S(=O)(=O)[O-])c1.[K+].[K+]. The minimum Gasteiger partial charge on any atom is -0.748 e. The molecular weight excluding hydrogens is 755 g/mol. The summed E-state index contributed by atoms with van der Waals surface area (Å²) < 4.78 is 104. The summed E-state index contributed by atoms with van der Waals surface area (Å²) in [6.07, 6.45) is 0.504. The summed E-state index contributed by atoms with van der Waals surface area (Å²) in [7, 11) is -8.90. The van der Waals surface area contributed by atoms with Crippen LogP contribution in [0.15, 0.2) is 78.9 Å². The third kappa shape index (κ3) is 21.8. The average molecular weight is 801 g/mol. The molecule has 0 radical (unpaired) electrons. The molecule has 0 aliphatic rings. The molecule has 2 atom stereocenters. The Morgan fingerprint density at radius 1 is 0.510 bits per heavy atom. The summed E-state index contributed by atoms with van der Waals surface area (Å²) in [5.74, 6) is 1.11. The monoisotopic (exact) mass is 800 g/mol. The van der Waals surface area contributed by atoms with Crippen LogP contribution in [-0.4, -0.2) is 103 Å². The van der Waals surface area contributed by atoms with Crippen molar-refractivity contribution in [2.24, 2.45) is 0 Å². The Kier molecular flexibility index (Phi) is 26.8. The topological polar surface area (TPSA) is 170 Å². The van der Waals surface area contributed by atoms with E-state index in [0.29, 0.717) is 24.7 Å². The van der Waals surface area contributed by atoms with Crippen molar-refractivity contribution >= 4 is 20.2 Å². The van der Waals surface area contributed by atoms with Gasteiger partial charge >= 0.3 is 103 Å². The molecule has 0 N–H and O–H groups in total. The van der Waals surface area contributed by atoms with Gasteiger partial charge < -0.3 is 37.5 Å². The average Bonchev–Trinajstić information content (AvgIpc) is 3.06. The van der Waals surface area contributed by atoms with Crippen LogP contribution in [0.5, 0.6) is 11.5 Å². The summed E-state index contributed by atoms with van der Waals surface area (Å²) in [6, 6.07) is 23.6. The third-order valence-corrected chi connectivity index (χ3v) is 9.85. The van der Waals surface area contributed by atoms with Crippen LogP contribution in [0.3, 0.4) is 0 Å². The Morgan fingerprint density at radius 3 is 1.29 bits per heavy atom. The molecule has 51 heavy (non-hydrogen) atoms. The van der Waals surface area contributed by atoms with Gasteiger partial charge in [-0.25, -0.2) is 16.8 Å². The summed E-state index contributed by atoms with van der Waals surface area (Å²) in [4.78, 5) is 0. The van der Waals surface area contributed by atoms with E-state index in [1.54, 1.807) is 48.5 Å². The van der Waals surface area contributed by atoms with Crippen molar-refractivity contribution in [3.8, 4) is 11.5 Å². The Bertz CT molecular complexity index is 1560. The van der Waals surface area contributed by atoms with Gasteiger partial charge in [0, 0.05) is 13.2 Å². The summed E-state index contributed by atoms with van der Waals surface area (Å²) in [6.45, 7) is 4.36. The first-order valence-electron chi connectivity index (χ1n) is 16.2. The van der Waals surface area contributed by atoms with Crippen LogP contribution in [-0.2, 0) is 52.0 Å². The maximum atomic E-state index is 11.7. The van der Waals surface area contributed by atoms with Gasteiger partial charge in [0.25, 0.3) is 0 Å². The van der Waals surface area contributed by atoms with E-state index in [1.807, 2.05) is 37.3 Å². The maximum absolute atomic E-state index is 11.7. The summed E-state index contributed by atoms with van der Waals surface area (Å²) in [5, 5.41) is -2.10. The first-order chi connectivity index (χ1) is 23.5. The van der Waals surface area contributed by atoms with Crippen LogP contribution in [0.1, 0.15) is 29.5 Å². The molecule has 0 amide bonds. The molecule has 3 aromatic carbocycles. The Labute approximate surface area is 388 Å². The van der Waals surface area contributed by atoms with Crippen LogP contribution in [0.2, 0.25) is 0 Å². The van der Waals surface area contributed by atoms with Crippen LogP contribution in [0.4, 0.5) is 0 Å². The fraction of sp³-hybridized carbons (Fsp3) is 0.486. The van der Waals surface area contributed by atoms with Crippen LogP contribution in [0, 0.1) is 6.92 Å². The molecule has 0 saturated heterocycles. The van der Waals surface area contributed by atoms with Crippen LogP contribution >= 0.6 is 0 Å². The number of hydrogen-bond acceptors (Lipinski definition) is 12. The third-order valence-electron chi connectivity index (χ3n) is 7.41. The van der Waals surface area contributed by atoms with Gasteiger partial charge in [-0.1, -0.05) is 66.7 Å². The molecule has 0 fully saturated rings. The molecule has 0 spiro atoms. The number of hydrogen-bond donors (Lipinski definition) is 0. The molecule has 272 valence electrons. The van der Waals surface area contributed by atoms with E-state index in [-0.39, 0.29) is 181 Å². The van der Waals surface area contributed by atoms with Gasteiger partial charge in [-0.15, -0.1) is 0 Å². The number of aryl methyl sites for hydroxylation is 1. The molecule has 12 nitrogen and oxygen atoms in total. The van der Waals surface area contributed by atoms with Gasteiger partial charge in [0.05, 0.1) is 70.4 Å². The molecule has 3 rings (SSSR count). The summed E-state index contributed by atoms with van der Waals surface area (Å²) >= 11 is 0. The molecule has 16 heteroatoms. The predicted octanol–water partition coefficient (Wildman–Crippen LogP) is -2.08. The zero-order chi connectivity index (χ0) is 35.4. The first-order valence-corrected chi connectivity index (χ1v) is 19.1. The first kappa shape index (κ1) is 49.2. The number of ether oxygens (including phenoxy) is 6. The second-order valence-corrected chi connectivity index (χ2v) is 14.6. The molecule has 0 aliphatic heterocycles. The zero-order valence-corrected chi connectivity index (χ0v) is 37.7. The van der Waals surface area contributed by atoms with E-state index in [0.717, 1.165) is 16.7 Å². The van der Waals surface area contributed by atoms with E-state index in [1.165, 1.54) is 0 Å². The molecule has 0 bridgehead atoms. The van der Waals surface area contributed by atoms with E-state index < -0.39 is 30.7 Å². The Morgan fingerprint density at radius 2 is 0.882 bits per heavy atom. The zero-order valence-electron chi connectivity index (χ0n) is 29.8. The standard InChI is InChI=1S/C35H48O12S2.2K/c1-29-12-13-34(46-24-22-44-20-18-42-16-14-32(48(36,37)38)27-30-8-4-2-5-9-30)35(26-29)47-25-23-45-21-19-43-17-15-33(49(39,40)41)28-31-10-6-3-7-11-31;;/h2-13,26,32-33H,14-25,27-28H2,1H3,(H,36,37,38)(H,39,40,41);;/q;2*+1/p-2. The molecule has 0 aliphatic carbocycles. The van der Waals surface area contributed by atoms with E-state index in [9.17, 15) is 25.9 Å². The maximum Gasteiger partial charge on any atom is 1.00 e. The minimum atomic E-state index is -4.45. The fourth-order valence-corrected chi connectivity index (χ4v) is 6.36. The van der Waals surface area contributed by atoms with Gasteiger partial charge in [-0.2, -0.15) is 0 Å². The second-order valence-electron chi connectivity index (χ2n) is 11.3. The van der Waals surface area contributed by atoms with Crippen LogP contribution < -0.4 is 112 Å². The van der Waals surface area contributed by atoms with Crippen molar-refractivity contribution < 1.29 is 157 Å².